The first kappa shape index (κ1) is 19.5. The molecule has 0 saturated heterocycles. The van der Waals surface area contributed by atoms with Crippen LogP contribution in [0.25, 0.3) is 0 Å². The highest BCUT2D eigenvalue weighted by molar-refractivity contribution is 5.92. The number of aromatic nitrogens is 1. The molecule has 0 aliphatic heterocycles. The predicted octanol–water partition coefficient (Wildman–Crippen LogP) is 3.26. The molecular formula is C14H18F3N3O4. The first-order valence-corrected chi connectivity index (χ1v) is 6.81. The lowest BCUT2D eigenvalue weighted by Gasteiger charge is -2.34. The van der Waals surface area contributed by atoms with Gasteiger partial charge in [-0.15, -0.1) is 0 Å². The van der Waals surface area contributed by atoms with Gasteiger partial charge in [-0.05, 0) is 20.8 Å². The molecule has 1 heterocycles. The number of halogens is 3. The molecule has 0 unspecified atom stereocenters. The van der Waals surface area contributed by atoms with Crippen molar-refractivity contribution < 1.29 is 32.6 Å². The summed E-state index contributed by atoms with van der Waals surface area (Å²) in [6.07, 6.45) is -5.04. The first-order chi connectivity index (χ1) is 10.8. The molecule has 0 fully saturated rings. The van der Waals surface area contributed by atoms with E-state index < -0.39 is 30.3 Å². The third-order valence-corrected chi connectivity index (χ3v) is 2.65. The maximum Gasteiger partial charge on any atom is 0.422 e. The normalized spacial score (nSPS) is 11.8. The molecule has 0 aromatic carbocycles. The maximum atomic E-state index is 12.4. The summed E-state index contributed by atoms with van der Waals surface area (Å²) in [5, 5.41) is 11.8. The van der Waals surface area contributed by atoms with Gasteiger partial charge in [-0.2, -0.15) is 13.2 Å². The van der Waals surface area contributed by atoms with Crippen molar-refractivity contribution in [3.8, 4) is 5.75 Å². The van der Waals surface area contributed by atoms with Crippen LogP contribution in [-0.4, -0.2) is 40.4 Å². The third-order valence-electron chi connectivity index (χ3n) is 2.65. The number of amides is 2. The fraction of sp³-hybridized carbons (Fsp3) is 0.500. The topological polar surface area (TPSA) is 91.8 Å². The lowest BCUT2D eigenvalue weighted by atomic mass is 10.1. The summed E-state index contributed by atoms with van der Waals surface area (Å²) >= 11 is 0. The van der Waals surface area contributed by atoms with Crippen LogP contribution in [0.5, 0.6) is 5.75 Å². The SMILES string of the molecule is CC(=O)Nc1cc(N(C(=O)O)C(C)(C)C)c(OCC(F)(F)F)cn1. The van der Waals surface area contributed by atoms with Gasteiger partial charge in [0.1, 0.15) is 5.82 Å². The van der Waals surface area contributed by atoms with Crippen LogP contribution in [0.2, 0.25) is 0 Å². The molecule has 1 rings (SSSR count). The molecule has 2 amide bonds. The van der Waals surface area contributed by atoms with Crippen molar-refractivity contribution >= 4 is 23.5 Å². The highest BCUT2D eigenvalue weighted by atomic mass is 19.4. The van der Waals surface area contributed by atoms with Crippen molar-refractivity contribution in [2.75, 3.05) is 16.8 Å². The molecule has 1 aromatic heterocycles. The molecule has 0 aliphatic carbocycles. The fourth-order valence-corrected chi connectivity index (χ4v) is 1.88. The summed E-state index contributed by atoms with van der Waals surface area (Å²) in [6, 6.07) is 1.15. The summed E-state index contributed by atoms with van der Waals surface area (Å²) in [4.78, 5) is 27.3. The number of alkyl halides is 3. The summed E-state index contributed by atoms with van der Waals surface area (Å²) in [6.45, 7) is 4.31. The molecule has 2 N–H and O–H groups in total. The second kappa shape index (κ2) is 6.93. The smallest absolute Gasteiger partial charge is 0.422 e. The molecule has 0 bridgehead atoms. The molecule has 0 atom stereocenters. The van der Waals surface area contributed by atoms with Crippen molar-refractivity contribution in [1.29, 1.82) is 0 Å². The highest BCUT2D eigenvalue weighted by Gasteiger charge is 2.33. The second-order valence-corrected chi connectivity index (χ2v) is 5.91. The van der Waals surface area contributed by atoms with E-state index in [1.54, 1.807) is 20.8 Å². The van der Waals surface area contributed by atoms with E-state index in [0.717, 1.165) is 17.2 Å². The third kappa shape index (κ3) is 5.60. The van der Waals surface area contributed by atoms with Crippen LogP contribution in [0.1, 0.15) is 27.7 Å². The van der Waals surface area contributed by atoms with Crippen LogP contribution in [0, 0.1) is 0 Å². The van der Waals surface area contributed by atoms with Gasteiger partial charge in [-0.1, -0.05) is 0 Å². The Morgan fingerprint density at radius 2 is 1.92 bits per heavy atom. The van der Waals surface area contributed by atoms with Gasteiger partial charge in [-0.3, -0.25) is 9.69 Å². The Balaban J connectivity index is 3.37. The zero-order valence-electron chi connectivity index (χ0n) is 13.6. The van der Waals surface area contributed by atoms with Gasteiger partial charge in [0.05, 0.1) is 11.9 Å². The number of hydrogen-bond acceptors (Lipinski definition) is 4. The number of nitrogens with one attached hydrogen (secondary N) is 1. The van der Waals surface area contributed by atoms with Crippen LogP contribution < -0.4 is 15.0 Å². The van der Waals surface area contributed by atoms with Gasteiger partial charge in [0.15, 0.2) is 12.4 Å². The predicted molar refractivity (Wildman–Crippen MR) is 80.3 cm³/mol. The van der Waals surface area contributed by atoms with E-state index >= 15 is 0 Å². The first-order valence-electron chi connectivity index (χ1n) is 6.81. The van der Waals surface area contributed by atoms with Gasteiger partial charge in [0.25, 0.3) is 0 Å². The zero-order chi connectivity index (χ0) is 18.7. The maximum absolute atomic E-state index is 12.4. The van der Waals surface area contributed by atoms with Crippen molar-refractivity contribution in [2.45, 2.75) is 39.4 Å². The lowest BCUT2D eigenvalue weighted by molar-refractivity contribution is -0.153. The number of carboxylic acid groups (broad SMARTS) is 1. The molecule has 0 saturated carbocycles. The Hall–Kier alpha value is -2.52. The minimum absolute atomic E-state index is 0.00708. The zero-order valence-corrected chi connectivity index (χ0v) is 13.6. The van der Waals surface area contributed by atoms with E-state index in [9.17, 15) is 27.9 Å². The van der Waals surface area contributed by atoms with E-state index in [-0.39, 0.29) is 17.3 Å². The molecule has 0 radical (unpaired) electrons. The van der Waals surface area contributed by atoms with Gasteiger partial charge < -0.3 is 15.2 Å². The van der Waals surface area contributed by atoms with E-state index in [2.05, 4.69) is 15.0 Å². The Morgan fingerprint density at radius 3 is 2.33 bits per heavy atom. The number of carbonyl (C=O) groups is 2. The minimum atomic E-state index is -4.59. The van der Waals surface area contributed by atoms with Crippen LogP contribution >= 0.6 is 0 Å². The summed E-state index contributed by atoms with van der Waals surface area (Å²) in [5.41, 5.74) is -1.13. The lowest BCUT2D eigenvalue weighted by Crippen LogP contribution is -2.45. The second-order valence-electron chi connectivity index (χ2n) is 5.91. The number of anilines is 2. The molecule has 7 nitrogen and oxygen atoms in total. The number of pyridine rings is 1. The molecule has 134 valence electrons. The highest BCUT2D eigenvalue weighted by Crippen LogP contribution is 2.35. The van der Waals surface area contributed by atoms with Gasteiger partial charge in [0.2, 0.25) is 5.91 Å². The minimum Gasteiger partial charge on any atom is -0.480 e. The van der Waals surface area contributed by atoms with Gasteiger partial charge in [-0.25, -0.2) is 9.78 Å². The molecule has 0 spiro atoms. The molecule has 1 aromatic rings. The van der Waals surface area contributed by atoms with Gasteiger partial charge >= 0.3 is 12.3 Å². The number of carbonyl (C=O) groups excluding carboxylic acids is 1. The molecule has 24 heavy (non-hydrogen) atoms. The summed E-state index contributed by atoms with van der Waals surface area (Å²) in [7, 11) is 0. The van der Waals surface area contributed by atoms with Crippen LogP contribution in [0.4, 0.5) is 29.5 Å². The van der Waals surface area contributed by atoms with Crippen LogP contribution in [0.3, 0.4) is 0 Å². The molecule has 0 aliphatic rings. The standard InChI is InChI=1S/C14H18F3N3O4/c1-8(21)19-11-5-9(20(12(22)23)13(2,3)4)10(6-18-11)24-7-14(15,16)17/h5-6H,7H2,1-4H3,(H,22,23)(H,18,19,21). The Bertz CT molecular complexity index is 627. The molecular weight excluding hydrogens is 331 g/mol. The van der Waals surface area contributed by atoms with Crippen LogP contribution in [-0.2, 0) is 4.79 Å². The Labute approximate surface area is 136 Å². The average Bonchev–Trinajstić information content (AvgIpc) is 2.33. The Kier molecular flexibility index (Phi) is 5.64. The van der Waals surface area contributed by atoms with Crippen LogP contribution in [0.15, 0.2) is 12.3 Å². The number of ether oxygens (including phenoxy) is 1. The van der Waals surface area contributed by atoms with Crippen molar-refractivity contribution in [2.24, 2.45) is 0 Å². The van der Waals surface area contributed by atoms with E-state index in [1.807, 2.05) is 0 Å². The van der Waals surface area contributed by atoms with E-state index in [4.69, 9.17) is 0 Å². The van der Waals surface area contributed by atoms with Gasteiger partial charge in [0, 0.05) is 18.5 Å². The van der Waals surface area contributed by atoms with Crippen molar-refractivity contribution in [1.82, 2.24) is 4.98 Å². The van der Waals surface area contributed by atoms with E-state index in [1.165, 1.54) is 6.92 Å². The number of nitrogens with zero attached hydrogens (tertiary/aromatic N) is 2. The van der Waals surface area contributed by atoms with Crippen molar-refractivity contribution in [3.05, 3.63) is 12.3 Å². The Morgan fingerprint density at radius 1 is 1.33 bits per heavy atom. The summed E-state index contributed by atoms with van der Waals surface area (Å²) < 4.78 is 41.8. The largest absolute Gasteiger partial charge is 0.480 e. The molecule has 10 heteroatoms. The fourth-order valence-electron chi connectivity index (χ4n) is 1.88. The van der Waals surface area contributed by atoms with Crippen molar-refractivity contribution in [3.63, 3.8) is 0 Å². The quantitative estimate of drug-likeness (QED) is 0.870. The van der Waals surface area contributed by atoms with E-state index in [0.29, 0.717) is 0 Å². The monoisotopic (exact) mass is 349 g/mol. The average molecular weight is 349 g/mol. The number of hydrogen-bond donors (Lipinski definition) is 2. The number of rotatable bonds is 4. The summed E-state index contributed by atoms with van der Waals surface area (Å²) in [5.74, 6) is -0.832.